The predicted molar refractivity (Wildman–Crippen MR) is 73.1 cm³/mol. The van der Waals surface area contributed by atoms with Crippen molar-refractivity contribution in [2.75, 3.05) is 24.7 Å². The van der Waals surface area contributed by atoms with Crippen LogP contribution in [0.4, 0.5) is 5.69 Å². The molecule has 0 unspecified atom stereocenters. The van der Waals surface area contributed by atoms with Crippen molar-refractivity contribution in [2.45, 2.75) is 32.2 Å². The van der Waals surface area contributed by atoms with Crippen LogP contribution in [0, 0.1) is 0 Å². The van der Waals surface area contributed by atoms with Gasteiger partial charge < -0.3 is 14.4 Å². The van der Waals surface area contributed by atoms with Crippen LogP contribution in [-0.2, 0) is 4.79 Å². The van der Waals surface area contributed by atoms with E-state index in [4.69, 9.17) is 9.47 Å². The Balaban J connectivity index is 1.95. The highest BCUT2D eigenvalue weighted by Gasteiger charge is 2.37. The van der Waals surface area contributed by atoms with E-state index in [0.29, 0.717) is 25.4 Å². The summed E-state index contributed by atoms with van der Waals surface area (Å²) in [6, 6.07) is 5.92. The van der Waals surface area contributed by atoms with Gasteiger partial charge in [0.15, 0.2) is 17.3 Å². The van der Waals surface area contributed by atoms with E-state index in [1.807, 2.05) is 32.0 Å². The molecule has 0 N–H and O–H groups in total. The Kier molecular flexibility index (Phi) is 2.88. The van der Waals surface area contributed by atoms with Gasteiger partial charge in [0.1, 0.15) is 13.2 Å². The second-order valence-electron chi connectivity index (χ2n) is 5.57. The fourth-order valence-electron chi connectivity index (χ4n) is 2.79. The summed E-state index contributed by atoms with van der Waals surface area (Å²) in [5, 5.41) is 0. The summed E-state index contributed by atoms with van der Waals surface area (Å²) in [5.41, 5.74) is 0.587. The van der Waals surface area contributed by atoms with Crippen LogP contribution in [0.3, 0.4) is 0 Å². The minimum Gasteiger partial charge on any atom is -0.486 e. The molecule has 0 atom stereocenters. The van der Waals surface area contributed by atoms with Gasteiger partial charge in [0.25, 0.3) is 0 Å². The fraction of sp³-hybridized carbons (Fsp3) is 0.533. The highest BCUT2D eigenvalue weighted by atomic mass is 16.6. The third-order valence-corrected chi connectivity index (χ3v) is 3.98. The lowest BCUT2D eigenvalue weighted by Gasteiger charge is -2.43. The quantitative estimate of drug-likeness (QED) is 0.778. The van der Waals surface area contributed by atoms with Crippen LogP contribution in [0.1, 0.15) is 26.7 Å². The van der Waals surface area contributed by atoms with Crippen molar-refractivity contribution in [3.8, 4) is 11.5 Å². The summed E-state index contributed by atoms with van der Waals surface area (Å²) in [6.07, 6.45) is 1.59. The first kappa shape index (κ1) is 12.3. The largest absolute Gasteiger partial charge is 0.486 e. The molecule has 0 saturated carbocycles. The maximum absolute atomic E-state index is 12.1. The smallest absolute Gasteiger partial charge is 0.163 e. The van der Waals surface area contributed by atoms with E-state index in [1.54, 1.807) is 0 Å². The van der Waals surface area contributed by atoms with Gasteiger partial charge in [-0.3, -0.25) is 4.79 Å². The van der Waals surface area contributed by atoms with Crippen molar-refractivity contribution >= 4 is 11.5 Å². The number of benzene rings is 1. The van der Waals surface area contributed by atoms with Crippen LogP contribution in [0.2, 0.25) is 0 Å². The van der Waals surface area contributed by atoms with E-state index in [-0.39, 0.29) is 0 Å². The van der Waals surface area contributed by atoms with Crippen LogP contribution in [0.5, 0.6) is 11.5 Å². The molecule has 2 aliphatic rings. The number of ketones is 1. The summed E-state index contributed by atoms with van der Waals surface area (Å²) in [4.78, 5) is 14.3. The summed E-state index contributed by atoms with van der Waals surface area (Å²) in [5.74, 6) is 1.86. The zero-order chi connectivity index (χ0) is 13.5. The normalized spacial score (nSPS) is 21.4. The number of carbonyl (C=O) groups is 1. The number of hydrogen-bond acceptors (Lipinski definition) is 4. The SMILES string of the molecule is CC1(C)C(=O)CCCN1c1ccc2c(c1)OCCO2. The Hall–Kier alpha value is -1.71. The Morgan fingerprint density at radius 1 is 1.16 bits per heavy atom. The molecule has 4 heteroatoms. The average molecular weight is 261 g/mol. The van der Waals surface area contributed by atoms with E-state index >= 15 is 0 Å². The van der Waals surface area contributed by atoms with E-state index in [1.165, 1.54) is 0 Å². The number of carbonyl (C=O) groups excluding carboxylic acids is 1. The van der Waals surface area contributed by atoms with Crippen molar-refractivity contribution in [1.29, 1.82) is 0 Å². The summed E-state index contributed by atoms with van der Waals surface area (Å²) in [7, 11) is 0. The zero-order valence-corrected chi connectivity index (χ0v) is 11.4. The van der Waals surface area contributed by atoms with Crippen molar-refractivity contribution in [2.24, 2.45) is 0 Å². The number of hydrogen-bond donors (Lipinski definition) is 0. The molecule has 1 aromatic rings. The molecule has 102 valence electrons. The maximum Gasteiger partial charge on any atom is 0.163 e. The molecular weight excluding hydrogens is 242 g/mol. The number of nitrogens with zero attached hydrogens (tertiary/aromatic N) is 1. The van der Waals surface area contributed by atoms with E-state index in [2.05, 4.69) is 4.90 Å². The highest BCUT2D eigenvalue weighted by Crippen LogP contribution is 2.37. The molecule has 2 heterocycles. The van der Waals surface area contributed by atoms with Crippen LogP contribution in [0.25, 0.3) is 0 Å². The minimum absolute atomic E-state index is 0.300. The molecule has 0 amide bonds. The first-order valence-corrected chi connectivity index (χ1v) is 6.79. The van der Waals surface area contributed by atoms with E-state index in [0.717, 1.165) is 30.2 Å². The Morgan fingerprint density at radius 3 is 2.68 bits per heavy atom. The van der Waals surface area contributed by atoms with Crippen LogP contribution in [0.15, 0.2) is 18.2 Å². The number of anilines is 1. The molecule has 4 nitrogen and oxygen atoms in total. The molecule has 0 spiro atoms. The number of fused-ring (bicyclic) bond motifs is 1. The third kappa shape index (κ3) is 2.05. The molecule has 0 bridgehead atoms. The van der Waals surface area contributed by atoms with Crippen molar-refractivity contribution in [1.82, 2.24) is 0 Å². The second-order valence-corrected chi connectivity index (χ2v) is 5.57. The first-order chi connectivity index (χ1) is 9.09. The number of ether oxygens (including phenoxy) is 2. The number of Topliss-reactive ketones (excluding diaryl/α,β-unsaturated/α-hetero) is 1. The maximum atomic E-state index is 12.1. The lowest BCUT2D eigenvalue weighted by molar-refractivity contribution is -0.124. The van der Waals surface area contributed by atoms with Gasteiger partial charge in [0, 0.05) is 24.7 Å². The van der Waals surface area contributed by atoms with Crippen LogP contribution < -0.4 is 14.4 Å². The van der Waals surface area contributed by atoms with Gasteiger partial charge in [0.2, 0.25) is 0 Å². The standard InChI is InChI=1S/C15H19NO3/c1-15(2)14(17)4-3-7-16(15)11-5-6-12-13(10-11)19-9-8-18-12/h5-6,10H,3-4,7-9H2,1-2H3. The molecule has 1 aromatic carbocycles. The van der Waals surface area contributed by atoms with E-state index in [9.17, 15) is 4.79 Å². The molecule has 2 aliphatic heterocycles. The Morgan fingerprint density at radius 2 is 1.89 bits per heavy atom. The van der Waals surface area contributed by atoms with Gasteiger partial charge in [-0.25, -0.2) is 0 Å². The highest BCUT2D eigenvalue weighted by molar-refractivity contribution is 5.92. The van der Waals surface area contributed by atoms with E-state index < -0.39 is 5.54 Å². The van der Waals surface area contributed by atoms with Gasteiger partial charge in [-0.2, -0.15) is 0 Å². The molecule has 1 fully saturated rings. The van der Waals surface area contributed by atoms with Gasteiger partial charge in [0.05, 0.1) is 5.54 Å². The number of piperidine rings is 1. The Labute approximate surface area is 113 Å². The lowest BCUT2D eigenvalue weighted by Crippen LogP contribution is -2.54. The zero-order valence-electron chi connectivity index (χ0n) is 11.4. The van der Waals surface area contributed by atoms with Crippen molar-refractivity contribution in [3.63, 3.8) is 0 Å². The lowest BCUT2D eigenvalue weighted by atomic mass is 9.88. The molecule has 3 rings (SSSR count). The number of rotatable bonds is 1. The molecule has 0 aromatic heterocycles. The van der Waals surface area contributed by atoms with Crippen LogP contribution >= 0.6 is 0 Å². The van der Waals surface area contributed by atoms with Crippen molar-refractivity contribution < 1.29 is 14.3 Å². The van der Waals surface area contributed by atoms with Crippen LogP contribution in [-0.4, -0.2) is 31.1 Å². The average Bonchev–Trinajstić information content (AvgIpc) is 2.41. The topological polar surface area (TPSA) is 38.8 Å². The second kappa shape index (κ2) is 4.44. The fourth-order valence-corrected chi connectivity index (χ4v) is 2.79. The molecule has 1 saturated heterocycles. The predicted octanol–water partition coefficient (Wildman–Crippen LogP) is 2.41. The van der Waals surface area contributed by atoms with Gasteiger partial charge >= 0.3 is 0 Å². The first-order valence-electron chi connectivity index (χ1n) is 6.79. The summed E-state index contributed by atoms with van der Waals surface area (Å²) < 4.78 is 11.1. The van der Waals surface area contributed by atoms with Gasteiger partial charge in [-0.05, 0) is 32.4 Å². The molecule has 0 aliphatic carbocycles. The monoisotopic (exact) mass is 261 g/mol. The minimum atomic E-state index is -0.442. The third-order valence-electron chi connectivity index (χ3n) is 3.98. The Bertz CT molecular complexity index is 510. The van der Waals surface area contributed by atoms with Gasteiger partial charge in [-0.1, -0.05) is 0 Å². The summed E-state index contributed by atoms with van der Waals surface area (Å²) >= 11 is 0. The van der Waals surface area contributed by atoms with Crippen molar-refractivity contribution in [3.05, 3.63) is 18.2 Å². The summed E-state index contributed by atoms with van der Waals surface area (Å²) in [6.45, 7) is 6.06. The molecule has 0 radical (unpaired) electrons. The van der Waals surface area contributed by atoms with Gasteiger partial charge in [-0.15, -0.1) is 0 Å². The molecule has 19 heavy (non-hydrogen) atoms. The molecular formula is C15H19NO3.